The van der Waals surface area contributed by atoms with Gasteiger partial charge in [-0.05, 0) is 25.1 Å². The van der Waals surface area contributed by atoms with E-state index in [0.29, 0.717) is 10.8 Å². The van der Waals surface area contributed by atoms with Gasteiger partial charge in [0.2, 0.25) is 0 Å². The Morgan fingerprint density at radius 1 is 1.35 bits per heavy atom. The molecule has 1 N–H and O–H groups in total. The topological polar surface area (TPSA) is 49.4 Å². The Morgan fingerprint density at radius 3 is 2.55 bits per heavy atom. The lowest BCUT2D eigenvalue weighted by Gasteiger charge is -2.17. The van der Waals surface area contributed by atoms with Crippen molar-refractivity contribution in [2.45, 2.75) is 30.3 Å². The molecule has 1 aromatic heterocycles. The molecule has 0 unspecified atom stereocenters. The number of hydrogen-bond donors (Lipinski definition) is 1. The van der Waals surface area contributed by atoms with Crippen molar-refractivity contribution in [2.75, 3.05) is 20.1 Å². The summed E-state index contributed by atoms with van der Waals surface area (Å²) in [6, 6.07) is 2.96. The second-order valence-electron chi connectivity index (χ2n) is 4.27. The van der Waals surface area contributed by atoms with Gasteiger partial charge >= 0.3 is 6.18 Å². The van der Waals surface area contributed by atoms with Crippen molar-refractivity contribution in [3.05, 3.63) is 17.0 Å². The van der Waals surface area contributed by atoms with Gasteiger partial charge in [-0.25, -0.2) is 8.42 Å². The fourth-order valence-corrected chi connectivity index (χ4v) is 4.16. The van der Waals surface area contributed by atoms with Crippen molar-refractivity contribution < 1.29 is 21.6 Å². The maximum absolute atomic E-state index is 12.3. The smallest absolute Gasteiger partial charge is 0.312 e. The summed E-state index contributed by atoms with van der Waals surface area (Å²) in [7, 11) is -3.15. The van der Waals surface area contributed by atoms with Gasteiger partial charge in [-0.1, -0.05) is 6.92 Å². The molecule has 0 radical (unpaired) electrons. The Hall–Kier alpha value is -0.640. The maximum Gasteiger partial charge on any atom is 0.402 e. The average Bonchev–Trinajstić information content (AvgIpc) is 2.76. The first-order valence-corrected chi connectivity index (χ1v) is 8.25. The quantitative estimate of drug-likeness (QED) is 0.781. The van der Waals surface area contributed by atoms with Crippen LogP contribution in [-0.4, -0.2) is 39.0 Å². The minimum absolute atomic E-state index is 0.0717. The van der Waals surface area contributed by atoms with E-state index in [1.54, 1.807) is 6.07 Å². The molecule has 4 nitrogen and oxygen atoms in total. The van der Waals surface area contributed by atoms with E-state index in [9.17, 15) is 21.6 Å². The van der Waals surface area contributed by atoms with Crippen molar-refractivity contribution in [1.29, 1.82) is 0 Å². The standard InChI is InChI=1S/C11H17F3N2O2S2/c1-3-6-15-7-9-4-5-10(19-9)20(17,18)16(2)8-11(12,13)14/h4-5,15H,3,6-8H2,1-2H3. The van der Waals surface area contributed by atoms with E-state index in [0.717, 1.165) is 36.2 Å². The molecule has 0 fully saturated rings. The first-order chi connectivity index (χ1) is 9.16. The molecule has 0 bridgehead atoms. The van der Waals surface area contributed by atoms with Crippen LogP contribution in [0, 0.1) is 0 Å². The Kier molecular flexibility index (Phi) is 5.99. The van der Waals surface area contributed by atoms with Gasteiger partial charge in [0.25, 0.3) is 10.0 Å². The van der Waals surface area contributed by atoms with Crippen molar-refractivity contribution in [3.63, 3.8) is 0 Å². The van der Waals surface area contributed by atoms with Crippen LogP contribution in [0.1, 0.15) is 18.2 Å². The Balaban J connectivity index is 2.77. The number of alkyl halides is 3. The molecule has 0 aliphatic heterocycles. The van der Waals surface area contributed by atoms with Crippen molar-refractivity contribution in [2.24, 2.45) is 0 Å². The van der Waals surface area contributed by atoms with Crippen molar-refractivity contribution in [1.82, 2.24) is 9.62 Å². The van der Waals surface area contributed by atoms with Crippen LogP contribution < -0.4 is 5.32 Å². The van der Waals surface area contributed by atoms with Crippen LogP contribution in [0.25, 0.3) is 0 Å². The summed E-state index contributed by atoms with van der Waals surface area (Å²) in [6.45, 7) is 1.82. The van der Waals surface area contributed by atoms with Crippen LogP contribution in [0.4, 0.5) is 13.2 Å². The first-order valence-electron chi connectivity index (χ1n) is 5.99. The van der Waals surface area contributed by atoms with Gasteiger partial charge in [-0.15, -0.1) is 11.3 Å². The molecule has 0 amide bonds. The second-order valence-corrected chi connectivity index (χ2v) is 7.71. The molecule has 0 saturated carbocycles. The lowest BCUT2D eigenvalue weighted by atomic mass is 10.4. The van der Waals surface area contributed by atoms with Crippen LogP contribution in [0.2, 0.25) is 0 Å². The van der Waals surface area contributed by atoms with Gasteiger partial charge in [0.15, 0.2) is 0 Å². The van der Waals surface area contributed by atoms with Crippen LogP contribution in [0.5, 0.6) is 0 Å². The number of halogens is 3. The molecular formula is C11H17F3N2O2S2. The molecule has 116 valence electrons. The molecule has 1 aromatic rings. The Labute approximate surface area is 120 Å². The fourth-order valence-electron chi connectivity index (χ4n) is 1.47. The molecule has 0 aliphatic carbocycles. The van der Waals surface area contributed by atoms with E-state index < -0.39 is 22.7 Å². The summed E-state index contributed by atoms with van der Waals surface area (Å²) in [4.78, 5) is 0.775. The summed E-state index contributed by atoms with van der Waals surface area (Å²) in [5.41, 5.74) is 0. The summed E-state index contributed by atoms with van der Waals surface area (Å²) >= 11 is 0.985. The molecule has 9 heteroatoms. The Morgan fingerprint density at radius 2 is 2.00 bits per heavy atom. The van der Waals surface area contributed by atoms with E-state index in [2.05, 4.69) is 5.32 Å². The van der Waals surface area contributed by atoms with Crippen LogP contribution in [-0.2, 0) is 16.6 Å². The summed E-state index contributed by atoms with van der Waals surface area (Å²) in [5.74, 6) is 0. The predicted molar refractivity (Wildman–Crippen MR) is 72.2 cm³/mol. The van der Waals surface area contributed by atoms with Gasteiger partial charge < -0.3 is 5.32 Å². The SMILES string of the molecule is CCCNCc1ccc(S(=O)(=O)N(C)CC(F)(F)F)s1. The third-order valence-corrected chi connectivity index (χ3v) is 5.79. The van der Waals surface area contributed by atoms with Gasteiger partial charge in [0.05, 0.1) is 0 Å². The third-order valence-electron chi connectivity index (χ3n) is 2.43. The Bertz CT molecular complexity index is 526. The zero-order valence-electron chi connectivity index (χ0n) is 11.2. The highest BCUT2D eigenvalue weighted by Crippen LogP contribution is 2.26. The van der Waals surface area contributed by atoms with E-state index in [4.69, 9.17) is 0 Å². The molecule has 0 aromatic carbocycles. The summed E-state index contributed by atoms with van der Waals surface area (Å²) in [5, 5.41) is 3.11. The van der Waals surface area contributed by atoms with E-state index in [-0.39, 0.29) is 4.21 Å². The zero-order chi connectivity index (χ0) is 15.4. The van der Waals surface area contributed by atoms with E-state index in [1.807, 2.05) is 6.92 Å². The van der Waals surface area contributed by atoms with Gasteiger partial charge in [-0.3, -0.25) is 0 Å². The van der Waals surface area contributed by atoms with Gasteiger partial charge in [0, 0.05) is 18.5 Å². The largest absolute Gasteiger partial charge is 0.402 e. The molecule has 1 heterocycles. The summed E-state index contributed by atoms with van der Waals surface area (Å²) < 4.78 is 60.9. The lowest BCUT2D eigenvalue weighted by molar-refractivity contribution is -0.134. The molecule has 1 rings (SSSR count). The number of nitrogens with zero attached hydrogens (tertiary/aromatic N) is 1. The number of nitrogens with one attached hydrogen (secondary N) is 1. The first kappa shape index (κ1) is 17.4. The monoisotopic (exact) mass is 330 g/mol. The molecular weight excluding hydrogens is 313 g/mol. The number of thiophene rings is 1. The molecule has 0 atom stereocenters. The third kappa shape index (κ3) is 5.04. The van der Waals surface area contributed by atoms with Crippen LogP contribution in [0.15, 0.2) is 16.3 Å². The van der Waals surface area contributed by atoms with Crippen molar-refractivity contribution >= 4 is 21.4 Å². The average molecular weight is 330 g/mol. The highest BCUT2D eigenvalue weighted by atomic mass is 32.2. The highest BCUT2D eigenvalue weighted by molar-refractivity contribution is 7.91. The summed E-state index contributed by atoms with van der Waals surface area (Å²) in [6.07, 6.45) is -3.60. The minimum atomic E-state index is -4.55. The fraction of sp³-hybridized carbons (Fsp3) is 0.636. The number of rotatable bonds is 7. The van der Waals surface area contributed by atoms with Crippen LogP contribution in [0.3, 0.4) is 0 Å². The van der Waals surface area contributed by atoms with Crippen LogP contribution >= 0.6 is 11.3 Å². The predicted octanol–water partition coefficient (Wildman–Crippen LogP) is 2.43. The van der Waals surface area contributed by atoms with Gasteiger partial charge in [-0.2, -0.15) is 17.5 Å². The van der Waals surface area contributed by atoms with Gasteiger partial charge in [0.1, 0.15) is 10.8 Å². The van der Waals surface area contributed by atoms with E-state index >= 15 is 0 Å². The van der Waals surface area contributed by atoms with E-state index in [1.165, 1.54) is 6.07 Å². The molecule has 0 aliphatic rings. The second kappa shape index (κ2) is 6.88. The normalized spacial score (nSPS) is 13.1. The number of hydrogen-bond acceptors (Lipinski definition) is 4. The highest BCUT2D eigenvalue weighted by Gasteiger charge is 2.35. The molecule has 0 spiro atoms. The zero-order valence-corrected chi connectivity index (χ0v) is 12.8. The minimum Gasteiger partial charge on any atom is -0.312 e. The van der Waals surface area contributed by atoms with Crippen molar-refractivity contribution in [3.8, 4) is 0 Å². The number of sulfonamides is 1. The molecule has 20 heavy (non-hydrogen) atoms. The lowest BCUT2D eigenvalue weighted by Crippen LogP contribution is -2.35. The molecule has 0 saturated heterocycles. The maximum atomic E-state index is 12.3.